The minimum atomic E-state index is 0.348. The SMILES string of the molecule is C=Cc1cnccc1[C@H](C)NC. The zero-order valence-corrected chi connectivity index (χ0v) is 7.54. The molecule has 1 atom stereocenters. The fourth-order valence-electron chi connectivity index (χ4n) is 1.14. The van der Waals surface area contributed by atoms with E-state index in [9.17, 15) is 0 Å². The van der Waals surface area contributed by atoms with Crippen LogP contribution in [0.25, 0.3) is 6.08 Å². The van der Waals surface area contributed by atoms with Crippen LogP contribution in [0.1, 0.15) is 24.1 Å². The van der Waals surface area contributed by atoms with Crippen LogP contribution in [0.2, 0.25) is 0 Å². The standard InChI is InChI=1S/C10H14N2/c1-4-9-7-12-6-5-10(9)8(2)11-3/h4-8,11H,1H2,2-3H3/t8-/m0/s1. The fourth-order valence-corrected chi connectivity index (χ4v) is 1.14. The van der Waals surface area contributed by atoms with Crippen LogP contribution in [0.4, 0.5) is 0 Å². The van der Waals surface area contributed by atoms with Crippen molar-refractivity contribution >= 4 is 6.08 Å². The lowest BCUT2D eigenvalue weighted by molar-refractivity contribution is 0.650. The second-order valence-electron chi connectivity index (χ2n) is 2.72. The maximum atomic E-state index is 4.03. The second-order valence-corrected chi connectivity index (χ2v) is 2.72. The van der Waals surface area contributed by atoms with Crippen LogP contribution >= 0.6 is 0 Å². The molecule has 0 radical (unpaired) electrons. The molecule has 0 bridgehead atoms. The lowest BCUT2D eigenvalue weighted by Crippen LogP contribution is -2.13. The predicted molar refractivity (Wildman–Crippen MR) is 51.8 cm³/mol. The van der Waals surface area contributed by atoms with Crippen LogP contribution in [0.5, 0.6) is 0 Å². The molecule has 0 spiro atoms. The Kier molecular flexibility index (Phi) is 3.00. The van der Waals surface area contributed by atoms with Gasteiger partial charge in [0, 0.05) is 18.4 Å². The highest BCUT2D eigenvalue weighted by Crippen LogP contribution is 2.16. The number of aromatic nitrogens is 1. The number of hydrogen-bond acceptors (Lipinski definition) is 2. The number of pyridine rings is 1. The molecule has 2 nitrogen and oxygen atoms in total. The molecule has 0 unspecified atom stereocenters. The summed E-state index contributed by atoms with van der Waals surface area (Å²) in [6, 6.07) is 2.36. The lowest BCUT2D eigenvalue weighted by Gasteiger charge is -2.12. The first-order valence-electron chi connectivity index (χ1n) is 4.03. The quantitative estimate of drug-likeness (QED) is 0.735. The molecule has 12 heavy (non-hydrogen) atoms. The maximum Gasteiger partial charge on any atom is 0.0343 e. The van der Waals surface area contributed by atoms with Gasteiger partial charge in [-0.15, -0.1) is 0 Å². The van der Waals surface area contributed by atoms with Gasteiger partial charge < -0.3 is 5.32 Å². The molecule has 0 fully saturated rings. The van der Waals surface area contributed by atoms with E-state index in [1.54, 1.807) is 6.20 Å². The zero-order valence-electron chi connectivity index (χ0n) is 7.54. The molecule has 0 aliphatic heterocycles. The first-order valence-corrected chi connectivity index (χ1v) is 4.03. The Morgan fingerprint density at radius 1 is 1.67 bits per heavy atom. The van der Waals surface area contributed by atoms with E-state index in [2.05, 4.69) is 23.8 Å². The Hall–Kier alpha value is -1.15. The normalized spacial score (nSPS) is 12.5. The van der Waals surface area contributed by atoms with E-state index < -0.39 is 0 Å². The lowest BCUT2D eigenvalue weighted by atomic mass is 10.0. The first-order chi connectivity index (χ1) is 5.79. The first kappa shape index (κ1) is 8.94. The monoisotopic (exact) mass is 162 g/mol. The average molecular weight is 162 g/mol. The summed E-state index contributed by atoms with van der Waals surface area (Å²) in [7, 11) is 1.94. The number of nitrogens with one attached hydrogen (secondary N) is 1. The van der Waals surface area contributed by atoms with Crippen LogP contribution in [0.15, 0.2) is 25.0 Å². The van der Waals surface area contributed by atoms with Crippen molar-refractivity contribution in [2.45, 2.75) is 13.0 Å². The van der Waals surface area contributed by atoms with Gasteiger partial charge in [-0.25, -0.2) is 0 Å². The summed E-state index contributed by atoms with van der Waals surface area (Å²) in [5.41, 5.74) is 2.34. The third kappa shape index (κ3) is 1.71. The second kappa shape index (κ2) is 4.02. The molecule has 1 aromatic heterocycles. The Morgan fingerprint density at radius 2 is 2.42 bits per heavy atom. The Morgan fingerprint density at radius 3 is 3.00 bits per heavy atom. The third-order valence-corrected chi connectivity index (χ3v) is 2.01. The van der Waals surface area contributed by atoms with Crippen LogP contribution in [-0.4, -0.2) is 12.0 Å². The average Bonchev–Trinajstić information content (AvgIpc) is 2.16. The molecule has 0 aromatic carbocycles. The maximum absolute atomic E-state index is 4.03. The number of nitrogens with zero attached hydrogens (tertiary/aromatic N) is 1. The highest BCUT2D eigenvalue weighted by Gasteiger charge is 2.04. The molecule has 0 saturated heterocycles. The summed E-state index contributed by atoms with van der Waals surface area (Å²) in [6.07, 6.45) is 5.46. The highest BCUT2D eigenvalue weighted by molar-refractivity contribution is 5.51. The zero-order chi connectivity index (χ0) is 8.97. The summed E-state index contributed by atoms with van der Waals surface area (Å²) in [5.74, 6) is 0. The van der Waals surface area contributed by atoms with Crippen molar-refractivity contribution in [3.8, 4) is 0 Å². The molecule has 1 aromatic rings. The molecule has 0 aliphatic rings. The molecule has 2 heteroatoms. The molecule has 1 N–H and O–H groups in total. The molecule has 0 saturated carbocycles. The topological polar surface area (TPSA) is 24.9 Å². The van der Waals surface area contributed by atoms with Gasteiger partial charge in [-0.3, -0.25) is 4.98 Å². The highest BCUT2D eigenvalue weighted by atomic mass is 14.9. The van der Waals surface area contributed by atoms with Gasteiger partial charge >= 0.3 is 0 Å². The molecule has 1 heterocycles. The van der Waals surface area contributed by atoms with E-state index in [1.165, 1.54) is 5.56 Å². The Bertz CT molecular complexity index is 268. The van der Waals surface area contributed by atoms with E-state index in [0.717, 1.165) is 5.56 Å². The van der Waals surface area contributed by atoms with Gasteiger partial charge in [0.25, 0.3) is 0 Å². The van der Waals surface area contributed by atoms with Crippen molar-refractivity contribution in [3.05, 3.63) is 36.2 Å². The van der Waals surface area contributed by atoms with Gasteiger partial charge in [0.15, 0.2) is 0 Å². The summed E-state index contributed by atoms with van der Waals surface area (Å²) in [6.45, 7) is 5.85. The van der Waals surface area contributed by atoms with E-state index in [-0.39, 0.29) is 0 Å². The van der Waals surface area contributed by atoms with Crippen LogP contribution in [-0.2, 0) is 0 Å². The van der Waals surface area contributed by atoms with E-state index in [1.807, 2.05) is 25.4 Å². The van der Waals surface area contributed by atoms with E-state index in [0.29, 0.717) is 6.04 Å². The molecule has 1 rings (SSSR count). The fraction of sp³-hybridized carbons (Fsp3) is 0.300. The van der Waals surface area contributed by atoms with Crippen molar-refractivity contribution in [1.29, 1.82) is 0 Å². The predicted octanol–water partition coefficient (Wildman–Crippen LogP) is 2.00. The van der Waals surface area contributed by atoms with Crippen molar-refractivity contribution < 1.29 is 0 Å². The van der Waals surface area contributed by atoms with Crippen molar-refractivity contribution in [2.75, 3.05) is 7.05 Å². The van der Waals surface area contributed by atoms with Gasteiger partial charge in [0.1, 0.15) is 0 Å². The van der Waals surface area contributed by atoms with Gasteiger partial charge in [-0.2, -0.15) is 0 Å². The van der Waals surface area contributed by atoms with E-state index >= 15 is 0 Å². The molecule has 0 amide bonds. The third-order valence-electron chi connectivity index (χ3n) is 2.01. The van der Waals surface area contributed by atoms with Gasteiger partial charge in [-0.1, -0.05) is 12.7 Å². The van der Waals surface area contributed by atoms with Gasteiger partial charge in [0.05, 0.1) is 0 Å². The van der Waals surface area contributed by atoms with Crippen molar-refractivity contribution in [3.63, 3.8) is 0 Å². The molecular formula is C10H14N2. The van der Waals surface area contributed by atoms with Crippen molar-refractivity contribution in [2.24, 2.45) is 0 Å². The van der Waals surface area contributed by atoms with E-state index in [4.69, 9.17) is 0 Å². The number of rotatable bonds is 3. The molecule has 0 aliphatic carbocycles. The smallest absolute Gasteiger partial charge is 0.0343 e. The van der Waals surface area contributed by atoms with Crippen LogP contribution < -0.4 is 5.32 Å². The van der Waals surface area contributed by atoms with Gasteiger partial charge in [0.2, 0.25) is 0 Å². The van der Waals surface area contributed by atoms with Crippen molar-refractivity contribution in [1.82, 2.24) is 10.3 Å². The Labute approximate surface area is 73.3 Å². The van der Waals surface area contributed by atoms with Crippen LogP contribution in [0, 0.1) is 0 Å². The minimum Gasteiger partial charge on any atom is -0.313 e. The van der Waals surface area contributed by atoms with Gasteiger partial charge in [-0.05, 0) is 31.2 Å². The minimum absolute atomic E-state index is 0.348. The Balaban J connectivity index is 3.04. The summed E-state index contributed by atoms with van der Waals surface area (Å²) in [5, 5.41) is 3.18. The molecule has 64 valence electrons. The molecular weight excluding hydrogens is 148 g/mol. The van der Waals surface area contributed by atoms with Crippen LogP contribution in [0.3, 0.4) is 0 Å². The summed E-state index contributed by atoms with van der Waals surface area (Å²) >= 11 is 0. The summed E-state index contributed by atoms with van der Waals surface area (Å²) < 4.78 is 0. The summed E-state index contributed by atoms with van der Waals surface area (Å²) in [4.78, 5) is 4.03. The number of hydrogen-bond donors (Lipinski definition) is 1. The largest absolute Gasteiger partial charge is 0.313 e.